The SMILES string of the molecule is Nc1n[nH]c(-c2cccc(F)c2Br)c1-c1cccc(Cl)c1. The molecule has 0 aliphatic heterocycles. The predicted molar refractivity (Wildman–Crippen MR) is 86.5 cm³/mol. The van der Waals surface area contributed by atoms with Crippen molar-refractivity contribution in [3.05, 3.63) is 57.8 Å². The Kier molecular flexibility index (Phi) is 3.69. The van der Waals surface area contributed by atoms with E-state index in [1.54, 1.807) is 24.3 Å². The van der Waals surface area contributed by atoms with Gasteiger partial charge >= 0.3 is 0 Å². The van der Waals surface area contributed by atoms with Crippen LogP contribution < -0.4 is 5.73 Å². The number of benzene rings is 2. The number of anilines is 1. The van der Waals surface area contributed by atoms with Crippen LogP contribution in [0.1, 0.15) is 0 Å². The molecule has 3 aromatic rings. The number of aromatic amines is 1. The molecule has 0 aliphatic rings. The zero-order valence-electron chi connectivity index (χ0n) is 10.7. The van der Waals surface area contributed by atoms with Crippen molar-refractivity contribution in [1.82, 2.24) is 10.2 Å². The van der Waals surface area contributed by atoms with Crippen LogP contribution in [0.3, 0.4) is 0 Å². The monoisotopic (exact) mass is 365 g/mol. The second kappa shape index (κ2) is 5.50. The predicted octanol–water partition coefficient (Wildman–Crippen LogP) is 4.88. The standard InChI is InChI=1S/C15H10BrClFN3/c16-13-10(5-2-6-11(13)18)14-12(15(19)21-20-14)8-3-1-4-9(17)7-8/h1-7H,(H3,19,20,21). The van der Waals surface area contributed by atoms with E-state index in [1.807, 2.05) is 12.1 Å². The van der Waals surface area contributed by atoms with Gasteiger partial charge < -0.3 is 5.73 Å². The van der Waals surface area contributed by atoms with Gasteiger partial charge in [-0.1, -0.05) is 35.9 Å². The number of nitrogens with two attached hydrogens (primary N) is 1. The Labute approximate surface area is 134 Å². The van der Waals surface area contributed by atoms with Crippen molar-refractivity contribution in [3.63, 3.8) is 0 Å². The lowest BCUT2D eigenvalue weighted by Gasteiger charge is -2.07. The van der Waals surface area contributed by atoms with Crippen LogP contribution in [0.25, 0.3) is 22.4 Å². The number of nitrogens with zero attached hydrogens (tertiary/aromatic N) is 1. The number of hydrogen-bond donors (Lipinski definition) is 2. The zero-order chi connectivity index (χ0) is 15.0. The summed E-state index contributed by atoms with van der Waals surface area (Å²) >= 11 is 9.29. The highest BCUT2D eigenvalue weighted by molar-refractivity contribution is 9.10. The van der Waals surface area contributed by atoms with Crippen LogP contribution in [0.15, 0.2) is 46.9 Å². The molecule has 0 saturated carbocycles. The summed E-state index contributed by atoms with van der Waals surface area (Å²) in [5.41, 5.74) is 8.76. The Morgan fingerprint density at radius 1 is 1.19 bits per heavy atom. The van der Waals surface area contributed by atoms with E-state index in [-0.39, 0.29) is 5.82 Å². The second-order valence-electron chi connectivity index (χ2n) is 4.47. The first-order chi connectivity index (χ1) is 10.1. The first-order valence-electron chi connectivity index (χ1n) is 6.12. The van der Waals surface area contributed by atoms with Crippen LogP contribution >= 0.6 is 27.5 Å². The molecule has 2 aromatic carbocycles. The maximum absolute atomic E-state index is 13.7. The quantitative estimate of drug-likeness (QED) is 0.679. The molecule has 0 radical (unpaired) electrons. The molecule has 21 heavy (non-hydrogen) atoms. The van der Waals surface area contributed by atoms with Gasteiger partial charge in [-0.05, 0) is 39.7 Å². The Bertz CT molecular complexity index is 816. The van der Waals surface area contributed by atoms with Crippen molar-refractivity contribution in [2.45, 2.75) is 0 Å². The lowest BCUT2D eigenvalue weighted by Crippen LogP contribution is -1.90. The molecule has 3 N–H and O–H groups in total. The van der Waals surface area contributed by atoms with Crippen molar-refractivity contribution in [1.29, 1.82) is 0 Å². The first-order valence-corrected chi connectivity index (χ1v) is 7.29. The van der Waals surface area contributed by atoms with Crippen LogP contribution in [0, 0.1) is 5.82 Å². The lowest BCUT2D eigenvalue weighted by molar-refractivity contribution is 0.621. The third-order valence-corrected chi connectivity index (χ3v) is 4.17. The van der Waals surface area contributed by atoms with Gasteiger partial charge in [0.15, 0.2) is 5.82 Å². The summed E-state index contributed by atoms with van der Waals surface area (Å²) in [6, 6.07) is 12.1. The smallest absolute Gasteiger partial charge is 0.153 e. The Hall–Kier alpha value is -1.85. The van der Waals surface area contributed by atoms with Gasteiger partial charge in [0, 0.05) is 10.6 Å². The van der Waals surface area contributed by atoms with Crippen LogP contribution in [0.5, 0.6) is 0 Å². The van der Waals surface area contributed by atoms with E-state index in [0.29, 0.717) is 32.1 Å². The zero-order valence-corrected chi connectivity index (χ0v) is 13.0. The molecule has 3 nitrogen and oxygen atoms in total. The van der Waals surface area contributed by atoms with Gasteiger partial charge in [0.25, 0.3) is 0 Å². The third-order valence-electron chi connectivity index (χ3n) is 3.13. The van der Waals surface area contributed by atoms with Gasteiger partial charge in [-0.3, -0.25) is 5.10 Å². The number of halogens is 3. The third kappa shape index (κ3) is 2.54. The van der Waals surface area contributed by atoms with E-state index in [0.717, 1.165) is 5.56 Å². The summed E-state index contributed by atoms with van der Waals surface area (Å²) in [6.45, 7) is 0. The fraction of sp³-hybridized carbons (Fsp3) is 0. The molecule has 0 amide bonds. The van der Waals surface area contributed by atoms with E-state index < -0.39 is 0 Å². The van der Waals surface area contributed by atoms with Crippen LogP contribution in [0.2, 0.25) is 5.02 Å². The number of H-pyrrole nitrogens is 1. The van der Waals surface area contributed by atoms with Gasteiger partial charge in [-0.15, -0.1) is 0 Å². The molecule has 6 heteroatoms. The van der Waals surface area contributed by atoms with E-state index in [9.17, 15) is 4.39 Å². The summed E-state index contributed by atoms with van der Waals surface area (Å²) in [4.78, 5) is 0. The highest BCUT2D eigenvalue weighted by Gasteiger charge is 2.18. The molecule has 0 unspecified atom stereocenters. The van der Waals surface area contributed by atoms with Gasteiger partial charge in [0.05, 0.1) is 15.7 Å². The molecule has 1 aromatic heterocycles. The van der Waals surface area contributed by atoms with E-state index in [4.69, 9.17) is 17.3 Å². The average Bonchev–Trinajstić information content (AvgIpc) is 2.83. The number of nitrogens with one attached hydrogen (secondary N) is 1. The maximum Gasteiger partial charge on any atom is 0.153 e. The average molecular weight is 367 g/mol. The van der Waals surface area contributed by atoms with E-state index in [1.165, 1.54) is 6.07 Å². The molecule has 1 heterocycles. The normalized spacial score (nSPS) is 10.8. The molecule has 3 rings (SSSR count). The fourth-order valence-electron chi connectivity index (χ4n) is 2.18. The highest BCUT2D eigenvalue weighted by Crippen LogP contribution is 2.39. The molecule has 106 valence electrons. The molecule has 0 aliphatic carbocycles. The van der Waals surface area contributed by atoms with Crippen molar-refractivity contribution in [2.24, 2.45) is 0 Å². The number of hydrogen-bond acceptors (Lipinski definition) is 2. The van der Waals surface area contributed by atoms with Crippen molar-refractivity contribution >= 4 is 33.3 Å². The molecule has 0 spiro atoms. The van der Waals surface area contributed by atoms with Crippen molar-refractivity contribution in [3.8, 4) is 22.4 Å². The van der Waals surface area contributed by atoms with Gasteiger partial charge in [-0.2, -0.15) is 5.10 Å². The topological polar surface area (TPSA) is 54.7 Å². The van der Waals surface area contributed by atoms with Crippen molar-refractivity contribution in [2.75, 3.05) is 5.73 Å². The number of rotatable bonds is 2. The van der Waals surface area contributed by atoms with Gasteiger partial charge in [0.1, 0.15) is 5.82 Å². The summed E-state index contributed by atoms with van der Waals surface area (Å²) < 4.78 is 14.1. The Balaban J connectivity index is 2.24. The minimum absolute atomic E-state index is 0.337. The molecular formula is C15H10BrClFN3. The second-order valence-corrected chi connectivity index (χ2v) is 5.70. The summed E-state index contributed by atoms with van der Waals surface area (Å²) in [7, 11) is 0. The molecule has 0 saturated heterocycles. The largest absolute Gasteiger partial charge is 0.382 e. The summed E-state index contributed by atoms with van der Waals surface area (Å²) in [5, 5.41) is 7.49. The minimum atomic E-state index is -0.349. The molecule has 0 atom stereocenters. The van der Waals surface area contributed by atoms with Crippen LogP contribution in [-0.4, -0.2) is 10.2 Å². The minimum Gasteiger partial charge on any atom is -0.382 e. The van der Waals surface area contributed by atoms with Gasteiger partial charge in [0.2, 0.25) is 0 Å². The summed E-state index contributed by atoms with van der Waals surface area (Å²) in [5.74, 6) is -0.0128. The van der Waals surface area contributed by atoms with Gasteiger partial charge in [-0.25, -0.2) is 4.39 Å². The lowest BCUT2D eigenvalue weighted by atomic mass is 10.0. The number of aromatic nitrogens is 2. The highest BCUT2D eigenvalue weighted by atomic mass is 79.9. The van der Waals surface area contributed by atoms with Crippen LogP contribution in [0.4, 0.5) is 10.2 Å². The molecule has 0 bridgehead atoms. The molecular weight excluding hydrogens is 357 g/mol. The van der Waals surface area contributed by atoms with E-state index in [2.05, 4.69) is 26.1 Å². The summed E-state index contributed by atoms with van der Waals surface area (Å²) in [6.07, 6.45) is 0. The van der Waals surface area contributed by atoms with Crippen LogP contribution in [-0.2, 0) is 0 Å². The molecule has 0 fully saturated rings. The Morgan fingerprint density at radius 3 is 2.71 bits per heavy atom. The first kappa shape index (κ1) is 14.1. The van der Waals surface area contributed by atoms with Crippen molar-refractivity contribution < 1.29 is 4.39 Å². The Morgan fingerprint density at radius 2 is 1.95 bits per heavy atom. The maximum atomic E-state index is 13.7. The fourth-order valence-corrected chi connectivity index (χ4v) is 2.84. The van der Waals surface area contributed by atoms with E-state index >= 15 is 0 Å². The number of nitrogen functional groups attached to an aromatic ring is 1.